The molecule has 36 heavy (non-hydrogen) atoms. The second-order valence-electron chi connectivity index (χ2n) is 8.06. The fourth-order valence-electron chi connectivity index (χ4n) is 3.71. The Hall–Kier alpha value is -1.60. The van der Waals surface area contributed by atoms with E-state index in [2.05, 4.69) is 15.4 Å². The lowest BCUT2D eigenvalue weighted by Gasteiger charge is -2.18. The molecule has 6 N–H and O–H groups in total. The molecule has 3 heterocycles. The SMILES string of the molecule is O=P(O)(O)CP(=O)(O)OC[C@H]1O[C@@H](c2cnc3c(NCc4ccccc4Cl)cc(Cl)nn23)[C@H](O)[C@@H]1O. The first-order chi connectivity index (χ1) is 16.8. The van der Waals surface area contributed by atoms with Gasteiger partial charge in [-0.25, -0.2) is 9.50 Å². The largest absolute Gasteiger partial charge is 0.387 e. The van der Waals surface area contributed by atoms with E-state index < -0.39 is 52.1 Å². The van der Waals surface area contributed by atoms with Gasteiger partial charge in [0.15, 0.2) is 16.7 Å². The monoisotopic (exact) mass is 582 g/mol. The third-order valence-electron chi connectivity index (χ3n) is 5.35. The quantitative estimate of drug-likeness (QED) is 0.201. The van der Waals surface area contributed by atoms with Crippen LogP contribution in [0.15, 0.2) is 36.5 Å². The highest BCUT2D eigenvalue weighted by atomic mass is 35.5. The van der Waals surface area contributed by atoms with Crippen molar-refractivity contribution in [3.05, 3.63) is 58.0 Å². The van der Waals surface area contributed by atoms with E-state index in [1.807, 2.05) is 18.2 Å². The predicted octanol–water partition coefficient (Wildman–Crippen LogP) is 2.15. The summed E-state index contributed by atoms with van der Waals surface area (Å²) >= 11 is 12.4. The Kier molecular flexibility index (Phi) is 8.11. The van der Waals surface area contributed by atoms with E-state index in [9.17, 15) is 24.2 Å². The van der Waals surface area contributed by atoms with Crippen molar-refractivity contribution >= 4 is 49.7 Å². The number of fused-ring (bicyclic) bond motifs is 1. The van der Waals surface area contributed by atoms with Crippen LogP contribution in [0.2, 0.25) is 10.2 Å². The average Bonchev–Trinajstić information content (AvgIpc) is 3.31. The predicted molar refractivity (Wildman–Crippen MR) is 129 cm³/mol. The normalized spacial score (nSPS) is 24.2. The van der Waals surface area contributed by atoms with Gasteiger partial charge in [-0.2, -0.15) is 5.10 Å². The summed E-state index contributed by atoms with van der Waals surface area (Å²) in [7, 11) is -9.51. The number of nitrogens with one attached hydrogen (secondary N) is 1. The highest BCUT2D eigenvalue weighted by Gasteiger charge is 2.46. The van der Waals surface area contributed by atoms with Gasteiger partial charge in [0.25, 0.3) is 0 Å². The van der Waals surface area contributed by atoms with E-state index >= 15 is 0 Å². The summed E-state index contributed by atoms with van der Waals surface area (Å²) in [5.41, 5.74) is 1.91. The van der Waals surface area contributed by atoms with E-state index in [0.29, 0.717) is 22.9 Å². The smallest absolute Gasteiger partial charge is 0.340 e. The van der Waals surface area contributed by atoms with Crippen LogP contribution in [0.4, 0.5) is 5.69 Å². The second kappa shape index (κ2) is 10.6. The molecule has 1 fully saturated rings. The zero-order valence-electron chi connectivity index (χ0n) is 18.3. The lowest BCUT2D eigenvalue weighted by Crippen LogP contribution is -2.33. The van der Waals surface area contributed by atoms with E-state index in [1.54, 1.807) is 12.1 Å². The number of hydrogen-bond donors (Lipinski definition) is 6. The van der Waals surface area contributed by atoms with Gasteiger partial charge in [-0.15, -0.1) is 0 Å². The summed E-state index contributed by atoms with van der Waals surface area (Å²) in [6.07, 6.45) is -4.14. The Bertz CT molecular complexity index is 1350. The fraction of sp³-hybridized carbons (Fsp3) is 0.368. The number of benzene rings is 1. The summed E-state index contributed by atoms with van der Waals surface area (Å²) in [5.74, 6) is -1.39. The maximum Gasteiger partial charge on any atom is 0.340 e. The van der Waals surface area contributed by atoms with Crippen LogP contribution in [-0.2, 0) is 24.9 Å². The van der Waals surface area contributed by atoms with Crippen LogP contribution in [-0.4, -0.2) is 70.3 Å². The molecular formula is C19H22Cl2N4O9P2. The number of ether oxygens (including phenoxy) is 1. The summed E-state index contributed by atoms with van der Waals surface area (Å²) in [4.78, 5) is 31.8. The van der Waals surface area contributed by atoms with Crippen LogP contribution in [0, 0.1) is 0 Å². The summed E-state index contributed by atoms with van der Waals surface area (Å²) in [5, 5.41) is 29.0. The molecule has 1 unspecified atom stereocenters. The highest BCUT2D eigenvalue weighted by Crippen LogP contribution is 2.55. The van der Waals surface area contributed by atoms with Gasteiger partial charge in [0.1, 0.15) is 24.4 Å². The zero-order valence-corrected chi connectivity index (χ0v) is 21.6. The first kappa shape index (κ1) is 27.4. The minimum atomic E-state index is -4.83. The van der Waals surface area contributed by atoms with Crippen molar-refractivity contribution < 1.29 is 43.3 Å². The number of hydrogen-bond acceptors (Lipinski definition) is 9. The number of anilines is 1. The Morgan fingerprint density at radius 3 is 2.56 bits per heavy atom. The zero-order chi connectivity index (χ0) is 26.3. The Balaban J connectivity index is 1.53. The lowest BCUT2D eigenvalue weighted by atomic mass is 10.1. The third-order valence-corrected chi connectivity index (χ3v) is 9.36. The molecule has 2 aromatic heterocycles. The van der Waals surface area contributed by atoms with Gasteiger partial charge in [0.2, 0.25) is 0 Å². The molecule has 1 aromatic carbocycles. The minimum Gasteiger partial charge on any atom is -0.387 e. The van der Waals surface area contributed by atoms with Crippen LogP contribution in [0.25, 0.3) is 5.65 Å². The van der Waals surface area contributed by atoms with Crippen molar-refractivity contribution in [3.8, 4) is 0 Å². The molecular weight excluding hydrogens is 561 g/mol. The molecule has 0 radical (unpaired) electrons. The Morgan fingerprint density at radius 2 is 1.86 bits per heavy atom. The Labute approximate surface area is 214 Å². The van der Waals surface area contributed by atoms with Crippen molar-refractivity contribution in [2.75, 3.05) is 17.8 Å². The first-order valence-corrected chi connectivity index (χ1v) is 14.7. The van der Waals surface area contributed by atoms with Gasteiger partial charge < -0.3 is 39.5 Å². The average molecular weight is 583 g/mol. The van der Waals surface area contributed by atoms with E-state index in [4.69, 9.17) is 42.2 Å². The molecule has 17 heteroatoms. The number of rotatable bonds is 9. The van der Waals surface area contributed by atoms with E-state index in [1.165, 1.54) is 10.7 Å². The fourth-order valence-corrected chi connectivity index (χ4v) is 6.66. The molecule has 0 amide bonds. The van der Waals surface area contributed by atoms with Gasteiger partial charge in [-0.3, -0.25) is 9.13 Å². The molecule has 0 bridgehead atoms. The van der Waals surface area contributed by atoms with Crippen molar-refractivity contribution in [2.24, 2.45) is 0 Å². The lowest BCUT2D eigenvalue weighted by molar-refractivity contribution is -0.0204. The molecule has 0 aliphatic carbocycles. The van der Waals surface area contributed by atoms with Crippen LogP contribution in [0.5, 0.6) is 0 Å². The van der Waals surface area contributed by atoms with Gasteiger partial charge in [0, 0.05) is 17.6 Å². The van der Waals surface area contributed by atoms with E-state index in [-0.39, 0.29) is 10.8 Å². The summed E-state index contributed by atoms with van der Waals surface area (Å²) in [6.45, 7) is -0.355. The van der Waals surface area contributed by atoms with Crippen LogP contribution < -0.4 is 5.32 Å². The van der Waals surface area contributed by atoms with Crippen LogP contribution in [0.3, 0.4) is 0 Å². The van der Waals surface area contributed by atoms with Crippen molar-refractivity contribution in [1.29, 1.82) is 0 Å². The van der Waals surface area contributed by atoms with Gasteiger partial charge in [-0.05, 0) is 11.6 Å². The third kappa shape index (κ3) is 6.27. The molecule has 1 saturated heterocycles. The van der Waals surface area contributed by atoms with Crippen molar-refractivity contribution in [3.63, 3.8) is 0 Å². The van der Waals surface area contributed by atoms with Crippen molar-refractivity contribution in [1.82, 2.24) is 14.6 Å². The number of halogens is 2. The van der Waals surface area contributed by atoms with Crippen molar-refractivity contribution in [2.45, 2.75) is 31.0 Å². The maximum atomic E-state index is 11.9. The molecule has 4 rings (SSSR count). The number of imidazole rings is 1. The summed E-state index contributed by atoms with van der Waals surface area (Å²) in [6, 6.07) is 8.82. The molecule has 5 atom stereocenters. The van der Waals surface area contributed by atoms with Gasteiger partial charge >= 0.3 is 15.2 Å². The molecule has 3 aromatic rings. The minimum absolute atomic E-state index is 0.0926. The van der Waals surface area contributed by atoms with Crippen LogP contribution in [0.1, 0.15) is 17.4 Å². The number of nitrogens with zero attached hydrogens (tertiary/aromatic N) is 3. The maximum absolute atomic E-state index is 11.9. The van der Waals surface area contributed by atoms with Crippen LogP contribution >= 0.6 is 38.4 Å². The summed E-state index contributed by atoms with van der Waals surface area (Å²) < 4.78 is 34.6. The topological polar surface area (TPSA) is 196 Å². The number of aliphatic hydroxyl groups is 2. The molecule has 0 saturated carbocycles. The van der Waals surface area contributed by atoms with Gasteiger partial charge in [-0.1, -0.05) is 41.4 Å². The molecule has 13 nitrogen and oxygen atoms in total. The second-order valence-corrected chi connectivity index (χ2v) is 12.8. The Morgan fingerprint density at radius 1 is 1.14 bits per heavy atom. The highest BCUT2D eigenvalue weighted by molar-refractivity contribution is 7.70. The molecule has 196 valence electrons. The first-order valence-electron chi connectivity index (χ1n) is 10.4. The molecule has 1 aliphatic rings. The van der Waals surface area contributed by atoms with Gasteiger partial charge in [0.05, 0.1) is 24.2 Å². The number of aromatic nitrogens is 3. The standard InChI is InChI=1S/C19H22Cl2N4O9P2/c20-11-4-2-1-3-10(11)6-22-12-5-15(21)24-25-13(7-23-19(12)25)18-17(27)16(26)14(34-18)8-33-36(31,32)9-35(28,29)30/h1-5,7,14,16-18,22,26-27H,6,8-9H2,(H,31,32)(H2,28,29,30)/t14-,16-,17-,18+/m1/s1. The number of aliphatic hydroxyl groups excluding tert-OH is 2. The van der Waals surface area contributed by atoms with E-state index in [0.717, 1.165) is 5.56 Å². The molecule has 1 aliphatic heterocycles. The molecule has 0 spiro atoms.